The molecule has 1 aliphatic carbocycles. The van der Waals surface area contributed by atoms with Crippen molar-refractivity contribution in [2.45, 2.75) is 32.1 Å². The molecule has 0 aromatic heterocycles. The van der Waals surface area contributed by atoms with Gasteiger partial charge in [0.15, 0.2) is 0 Å². The van der Waals surface area contributed by atoms with Crippen LogP contribution in [0.2, 0.25) is 0 Å². The topological polar surface area (TPSA) is 20.2 Å². The lowest BCUT2D eigenvalue weighted by Gasteiger charge is -2.27. The van der Waals surface area contributed by atoms with Crippen LogP contribution in [-0.4, -0.2) is 5.11 Å². The lowest BCUT2D eigenvalue weighted by atomic mass is 9.77. The predicted molar refractivity (Wildman–Crippen MR) is 114 cm³/mol. The van der Waals surface area contributed by atoms with Crippen LogP contribution in [0.15, 0.2) is 60.7 Å². The van der Waals surface area contributed by atoms with Gasteiger partial charge in [-0.05, 0) is 74.2 Å². The van der Waals surface area contributed by atoms with E-state index >= 15 is 4.39 Å². The summed E-state index contributed by atoms with van der Waals surface area (Å²) in [6.45, 7) is 2.03. The van der Waals surface area contributed by atoms with Crippen molar-refractivity contribution in [2.75, 3.05) is 0 Å². The van der Waals surface area contributed by atoms with Crippen LogP contribution in [0, 0.1) is 36.4 Å². The van der Waals surface area contributed by atoms with Gasteiger partial charge in [0.1, 0.15) is 11.6 Å². The molecular weight excluding hydrogens is 359 g/mol. The maximum absolute atomic E-state index is 15.3. The van der Waals surface area contributed by atoms with Crippen LogP contribution in [0.1, 0.15) is 58.6 Å². The predicted octanol–water partition coefficient (Wildman–Crippen LogP) is 5.91. The van der Waals surface area contributed by atoms with Gasteiger partial charge in [-0.1, -0.05) is 47.8 Å². The number of halogens is 1. The van der Waals surface area contributed by atoms with Crippen LogP contribution in [0.4, 0.5) is 4.39 Å². The van der Waals surface area contributed by atoms with Gasteiger partial charge < -0.3 is 5.11 Å². The smallest absolute Gasteiger partial charge is 0.143 e. The van der Waals surface area contributed by atoms with Gasteiger partial charge in [-0.15, -0.1) is 0 Å². The van der Waals surface area contributed by atoms with E-state index in [-0.39, 0.29) is 17.5 Å². The molecule has 0 spiro atoms. The second-order valence-electron chi connectivity index (χ2n) is 7.43. The van der Waals surface area contributed by atoms with E-state index in [1.807, 2.05) is 37.3 Å². The number of rotatable bonds is 1. The van der Waals surface area contributed by atoms with Crippen LogP contribution in [0.3, 0.4) is 0 Å². The highest BCUT2D eigenvalue weighted by molar-refractivity contribution is 5.54. The van der Waals surface area contributed by atoms with Crippen molar-refractivity contribution in [3.05, 3.63) is 99.9 Å². The second-order valence-corrected chi connectivity index (χ2v) is 7.43. The Morgan fingerprint density at radius 1 is 0.759 bits per heavy atom. The average Bonchev–Trinajstić information content (AvgIpc) is 2.69. The summed E-state index contributed by atoms with van der Waals surface area (Å²) in [5, 5.41) is 9.40. The number of phenolic OH excluding ortho intramolecular Hbond substituents is 1. The molecule has 3 aromatic carbocycles. The molecule has 4 rings (SSSR count). The molecule has 2 heteroatoms. The minimum Gasteiger partial charge on any atom is -0.508 e. The Bertz CT molecular complexity index is 1150. The highest BCUT2D eigenvalue weighted by Crippen LogP contribution is 2.40. The van der Waals surface area contributed by atoms with E-state index in [0.717, 1.165) is 36.0 Å². The maximum Gasteiger partial charge on any atom is 0.143 e. The van der Waals surface area contributed by atoms with Crippen molar-refractivity contribution in [2.24, 2.45) is 0 Å². The molecule has 0 saturated heterocycles. The first-order valence-electron chi connectivity index (χ1n) is 9.82. The number of hydrogen-bond acceptors (Lipinski definition) is 1. The largest absolute Gasteiger partial charge is 0.508 e. The summed E-state index contributed by atoms with van der Waals surface area (Å²) in [6.07, 6.45) is 3.09. The van der Waals surface area contributed by atoms with Crippen molar-refractivity contribution in [3.8, 4) is 29.4 Å². The van der Waals surface area contributed by atoms with Gasteiger partial charge in [0.25, 0.3) is 0 Å². The van der Waals surface area contributed by atoms with E-state index in [2.05, 4.69) is 23.7 Å². The molecular formula is C27H21FO. The van der Waals surface area contributed by atoms with E-state index < -0.39 is 0 Å². The fraction of sp³-hybridized carbons (Fsp3) is 0.185. The molecule has 0 heterocycles. The van der Waals surface area contributed by atoms with Gasteiger partial charge >= 0.3 is 0 Å². The molecule has 0 unspecified atom stereocenters. The van der Waals surface area contributed by atoms with Crippen molar-refractivity contribution >= 4 is 0 Å². The molecule has 0 aliphatic heterocycles. The van der Waals surface area contributed by atoms with Crippen LogP contribution in [0.5, 0.6) is 5.75 Å². The van der Waals surface area contributed by atoms with E-state index in [1.165, 1.54) is 5.56 Å². The molecule has 3 aromatic rings. The summed E-state index contributed by atoms with van der Waals surface area (Å²) in [5.41, 5.74) is 4.66. The summed E-state index contributed by atoms with van der Waals surface area (Å²) in [7, 11) is 0. The van der Waals surface area contributed by atoms with E-state index in [0.29, 0.717) is 11.1 Å². The summed E-state index contributed by atoms with van der Waals surface area (Å²) < 4.78 is 15.3. The molecule has 1 N–H and O–H groups in total. The van der Waals surface area contributed by atoms with Gasteiger partial charge in [0, 0.05) is 22.3 Å². The standard InChI is InChI=1S/C27H21FO/c1-19-5-7-20(8-6-19)10-14-24-16-15-23(26(27(24)28)22-3-2-4-22)13-9-21-11-17-25(29)18-12-21/h5-8,11-12,15-18,22,29H,2-4H2,1H3. The van der Waals surface area contributed by atoms with Gasteiger partial charge in [0.2, 0.25) is 0 Å². The highest BCUT2D eigenvalue weighted by atomic mass is 19.1. The lowest BCUT2D eigenvalue weighted by Crippen LogP contribution is -2.13. The van der Waals surface area contributed by atoms with E-state index in [9.17, 15) is 5.11 Å². The minimum absolute atomic E-state index is 0.202. The molecule has 0 radical (unpaired) electrons. The Balaban J connectivity index is 1.70. The lowest BCUT2D eigenvalue weighted by molar-refractivity contribution is 0.403. The zero-order chi connectivity index (χ0) is 20.2. The Labute approximate surface area is 171 Å². The summed E-state index contributed by atoms with van der Waals surface area (Å²) >= 11 is 0. The van der Waals surface area contributed by atoms with Crippen molar-refractivity contribution in [1.82, 2.24) is 0 Å². The fourth-order valence-corrected chi connectivity index (χ4v) is 3.36. The first kappa shape index (κ1) is 18.9. The van der Waals surface area contributed by atoms with Crippen molar-refractivity contribution in [3.63, 3.8) is 0 Å². The molecule has 1 aliphatic rings. The van der Waals surface area contributed by atoms with Gasteiger partial charge in [-0.25, -0.2) is 4.39 Å². The van der Waals surface area contributed by atoms with Gasteiger partial charge in [-0.3, -0.25) is 0 Å². The van der Waals surface area contributed by atoms with Crippen LogP contribution in [-0.2, 0) is 0 Å². The third-order valence-corrected chi connectivity index (χ3v) is 5.30. The number of aryl methyl sites for hydroxylation is 1. The Kier molecular flexibility index (Phi) is 5.37. The van der Waals surface area contributed by atoms with Gasteiger partial charge in [-0.2, -0.15) is 0 Å². The SMILES string of the molecule is Cc1ccc(C#Cc2ccc(C#Cc3ccc(O)cc3)c(C3CCC3)c2F)cc1. The van der Waals surface area contributed by atoms with Crippen LogP contribution in [0.25, 0.3) is 0 Å². The van der Waals surface area contributed by atoms with E-state index in [4.69, 9.17) is 0 Å². The zero-order valence-corrected chi connectivity index (χ0v) is 16.3. The summed E-state index contributed by atoms with van der Waals surface area (Å²) in [4.78, 5) is 0. The van der Waals surface area contributed by atoms with Crippen LogP contribution >= 0.6 is 0 Å². The Morgan fingerprint density at radius 2 is 1.31 bits per heavy atom. The monoisotopic (exact) mass is 380 g/mol. The maximum atomic E-state index is 15.3. The fourth-order valence-electron chi connectivity index (χ4n) is 3.36. The number of hydrogen-bond donors (Lipinski definition) is 1. The van der Waals surface area contributed by atoms with E-state index in [1.54, 1.807) is 30.3 Å². The van der Waals surface area contributed by atoms with Crippen molar-refractivity contribution < 1.29 is 9.50 Å². The molecule has 0 amide bonds. The third kappa shape index (κ3) is 4.34. The number of benzene rings is 3. The minimum atomic E-state index is -0.244. The molecule has 1 saturated carbocycles. The zero-order valence-electron chi connectivity index (χ0n) is 16.3. The highest BCUT2D eigenvalue weighted by Gasteiger charge is 2.26. The quantitative estimate of drug-likeness (QED) is 0.521. The molecule has 1 fully saturated rings. The summed E-state index contributed by atoms with van der Waals surface area (Å²) in [6, 6.07) is 18.2. The van der Waals surface area contributed by atoms with Crippen LogP contribution < -0.4 is 0 Å². The Morgan fingerprint density at radius 3 is 1.90 bits per heavy atom. The average molecular weight is 380 g/mol. The molecule has 142 valence electrons. The Hall–Kier alpha value is -3.49. The first-order chi connectivity index (χ1) is 14.1. The molecule has 0 bridgehead atoms. The molecule has 29 heavy (non-hydrogen) atoms. The molecule has 0 atom stereocenters. The third-order valence-electron chi connectivity index (χ3n) is 5.30. The number of aromatic hydroxyl groups is 1. The normalized spacial score (nSPS) is 12.9. The number of phenols is 1. The molecule has 1 nitrogen and oxygen atoms in total. The second kappa shape index (κ2) is 8.26. The van der Waals surface area contributed by atoms with Gasteiger partial charge in [0.05, 0.1) is 5.56 Å². The summed E-state index contributed by atoms with van der Waals surface area (Å²) in [5.74, 6) is 12.4. The van der Waals surface area contributed by atoms with Crippen molar-refractivity contribution in [1.29, 1.82) is 0 Å². The first-order valence-corrected chi connectivity index (χ1v) is 9.82.